The van der Waals surface area contributed by atoms with Gasteiger partial charge in [-0.1, -0.05) is 17.8 Å². The van der Waals surface area contributed by atoms with Gasteiger partial charge in [-0.15, -0.1) is 21.5 Å². The third kappa shape index (κ3) is 4.83. The first kappa shape index (κ1) is 18.9. The number of nitrogens with one attached hydrogen (secondary N) is 1. The van der Waals surface area contributed by atoms with Crippen molar-refractivity contribution in [1.29, 1.82) is 0 Å². The van der Waals surface area contributed by atoms with Gasteiger partial charge in [0.15, 0.2) is 11.0 Å². The topological polar surface area (TPSA) is 103 Å². The number of carbonyl (C=O) groups is 2. The first-order chi connectivity index (χ1) is 12.5. The van der Waals surface area contributed by atoms with Crippen molar-refractivity contribution in [3.8, 4) is 10.7 Å². The second-order valence-corrected chi connectivity index (χ2v) is 8.32. The molecule has 0 aliphatic carbocycles. The highest BCUT2D eigenvalue weighted by Gasteiger charge is 2.17. The molecule has 0 aliphatic heterocycles. The lowest BCUT2D eigenvalue weighted by Crippen LogP contribution is -2.20. The smallest absolute Gasteiger partial charge is 0.237 e. The van der Waals surface area contributed by atoms with Gasteiger partial charge >= 0.3 is 0 Å². The normalized spacial score (nSPS) is 10.7. The second kappa shape index (κ2) is 8.64. The van der Waals surface area contributed by atoms with Gasteiger partial charge in [0.1, 0.15) is 6.54 Å². The third-order valence-electron chi connectivity index (χ3n) is 3.23. The Hall–Kier alpha value is -1.92. The minimum absolute atomic E-state index is 0.0404. The minimum atomic E-state index is -0.493. The molecule has 0 atom stereocenters. The van der Waals surface area contributed by atoms with Gasteiger partial charge in [0, 0.05) is 9.26 Å². The summed E-state index contributed by atoms with van der Waals surface area (Å²) in [5, 5.41) is 13.5. The zero-order chi connectivity index (χ0) is 18.5. The van der Waals surface area contributed by atoms with Gasteiger partial charge in [-0.05, 0) is 58.3 Å². The Balaban J connectivity index is 1.70. The molecule has 1 aromatic carbocycles. The van der Waals surface area contributed by atoms with Gasteiger partial charge in [0.05, 0.1) is 10.6 Å². The van der Waals surface area contributed by atoms with E-state index in [9.17, 15) is 9.59 Å². The highest BCUT2D eigenvalue weighted by molar-refractivity contribution is 14.1. The molecule has 0 spiro atoms. The number of nitrogens with two attached hydrogens (primary N) is 1. The van der Waals surface area contributed by atoms with Gasteiger partial charge in [-0.3, -0.25) is 14.2 Å². The van der Waals surface area contributed by atoms with Crippen molar-refractivity contribution in [2.24, 2.45) is 5.73 Å². The Morgan fingerprint density at radius 1 is 1.23 bits per heavy atom. The molecule has 0 saturated carbocycles. The van der Waals surface area contributed by atoms with Crippen LogP contribution in [0.25, 0.3) is 10.7 Å². The number of hydrogen-bond donors (Lipinski definition) is 2. The fourth-order valence-corrected chi connectivity index (χ4v) is 3.96. The van der Waals surface area contributed by atoms with Crippen LogP contribution in [0.2, 0.25) is 0 Å². The lowest BCUT2D eigenvalue weighted by atomic mass is 10.3. The largest absolute Gasteiger partial charge is 0.368 e. The van der Waals surface area contributed by atoms with Gasteiger partial charge in [-0.25, -0.2) is 0 Å². The predicted octanol–water partition coefficient (Wildman–Crippen LogP) is 2.83. The number of amides is 2. The molecule has 2 heterocycles. The molecule has 0 saturated heterocycles. The molecule has 0 bridgehead atoms. The van der Waals surface area contributed by atoms with Crippen molar-refractivity contribution >= 4 is 63.2 Å². The molecular formula is C16H14IN5O2S2. The number of nitrogens with zero attached hydrogens (tertiary/aromatic N) is 3. The summed E-state index contributed by atoms with van der Waals surface area (Å²) in [7, 11) is 0. The lowest BCUT2D eigenvalue weighted by molar-refractivity contribution is -0.118. The highest BCUT2D eigenvalue weighted by atomic mass is 127. The number of carbonyl (C=O) groups excluding carboxylic acids is 2. The Morgan fingerprint density at radius 2 is 2.00 bits per heavy atom. The van der Waals surface area contributed by atoms with Crippen LogP contribution in [-0.4, -0.2) is 32.3 Å². The van der Waals surface area contributed by atoms with Crippen LogP contribution in [0.3, 0.4) is 0 Å². The summed E-state index contributed by atoms with van der Waals surface area (Å²) in [6.07, 6.45) is 0. The molecule has 0 fully saturated rings. The Bertz CT molecular complexity index is 909. The fourth-order valence-electron chi connectivity index (χ4n) is 2.14. The predicted molar refractivity (Wildman–Crippen MR) is 111 cm³/mol. The van der Waals surface area contributed by atoms with Crippen molar-refractivity contribution in [3.05, 3.63) is 45.3 Å². The minimum Gasteiger partial charge on any atom is -0.368 e. The average molecular weight is 499 g/mol. The number of anilines is 1. The lowest BCUT2D eigenvalue weighted by Gasteiger charge is -2.08. The second-order valence-electron chi connectivity index (χ2n) is 5.18. The highest BCUT2D eigenvalue weighted by Crippen LogP contribution is 2.27. The van der Waals surface area contributed by atoms with E-state index in [-0.39, 0.29) is 18.2 Å². The number of primary amides is 1. The summed E-state index contributed by atoms with van der Waals surface area (Å²) in [6, 6.07) is 11.3. The van der Waals surface area contributed by atoms with E-state index in [2.05, 4.69) is 38.1 Å². The van der Waals surface area contributed by atoms with Crippen molar-refractivity contribution in [2.45, 2.75) is 11.7 Å². The Labute approximate surface area is 171 Å². The monoisotopic (exact) mass is 499 g/mol. The molecule has 2 aromatic heterocycles. The third-order valence-corrected chi connectivity index (χ3v) is 5.78. The van der Waals surface area contributed by atoms with E-state index in [4.69, 9.17) is 5.73 Å². The molecule has 10 heteroatoms. The van der Waals surface area contributed by atoms with E-state index >= 15 is 0 Å². The van der Waals surface area contributed by atoms with E-state index < -0.39 is 5.91 Å². The molecule has 134 valence electrons. The molecule has 2 amide bonds. The number of rotatable bonds is 7. The number of hydrogen-bond acceptors (Lipinski definition) is 6. The van der Waals surface area contributed by atoms with Crippen LogP contribution in [0.1, 0.15) is 0 Å². The quantitative estimate of drug-likeness (QED) is 0.385. The van der Waals surface area contributed by atoms with Gasteiger partial charge < -0.3 is 11.1 Å². The van der Waals surface area contributed by atoms with E-state index in [0.29, 0.717) is 11.0 Å². The van der Waals surface area contributed by atoms with E-state index in [1.165, 1.54) is 23.1 Å². The number of halogens is 1. The molecule has 0 radical (unpaired) electrons. The summed E-state index contributed by atoms with van der Waals surface area (Å²) < 4.78 is 2.73. The van der Waals surface area contributed by atoms with Crippen molar-refractivity contribution in [2.75, 3.05) is 11.1 Å². The molecule has 7 nitrogen and oxygen atoms in total. The summed E-state index contributed by atoms with van der Waals surface area (Å²) in [6.45, 7) is -0.0404. The molecule has 0 unspecified atom stereocenters. The zero-order valence-corrected chi connectivity index (χ0v) is 17.2. The van der Waals surface area contributed by atoms with Crippen LogP contribution in [0.5, 0.6) is 0 Å². The maximum absolute atomic E-state index is 12.2. The summed E-state index contributed by atoms with van der Waals surface area (Å²) in [5.74, 6) is 0.0579. The molecule has 3 rings (SSSR count). The first-order valence-electron chi connectivity index (χ1n) is 7.46. The van der Waals surface area contributed by atoms with Gasteiger partial charge in [-0.2, -0.15) is 0 Å². The van der Waals surface area contributed by atoms with E-state index in [0.717, 1.165) is 14.1 Å². The molecule has 26 heavy (non-hydrogen) atoms. The van der Waals surface area contributed by atoms with Crippen molar-refractivity contribution in [3.63, 3.8) is 0 Å². The zero-order valence-electron chi connectivity index (χ0n) is 13.4. The SMILES string of the molecule is NC(=O)Cn1c(SCC(=O)Nc2ccc(I)cc2)nnc1-c1cccs1. The van der Waals surface area contributed by atoms with Crippen LogP contribution in [-0.2, 0) is 16.1 Å². The number of thioether (sulfide) groups is 1. The number of aromatic nitrogens is 3. The standard InChI is InChI=1S/C16H14IN5O2S2/c17-10-3-5-11(6-4-10)19-14(24)9-26-16-21-20-15(12-2-1-7-25-12)22(16)8-13(18)23/h1-7H,8-9H2,(H2,18,23)(H,19,24). The van der Waals surface area contributed by atoms with E-state index in [1.807, 2.05) is 41.8 Å². The van der Waals surface area contributed by atoms with Crippen LogP contribution >= 0.6 is 45.7 Å². The van der Waals surface area contributed by atoms with Crippen LogP contribution in [0.15, 0.2) is 46.9 Å². The molecule has 3 N–H and O–H groups in total. The summed E-state index contributed by atoms with van der Waals surface area (Å²) >= 11 is 4.91. The van der Waals surface area contributed by atoms with Crippen LogP contribution in [0.4, 0.5) is 5.69 Å². The fraction of sp³-hybridized carbons (Fsp3) is 0.125. The van der Waals surface area contributed by atoms with E-state index in [1.54, 1.807) is 4.57 Å². The van der Waals surface area contributed by atoms with Gasteiger partial charge in [0.2, 0.25) is 11.8 Å². The molecular weight excluding hydrogens is 485 g/mol. The average Bonchev–Trinajstić information content (AvgIpc) is 3.24. The summed E-state index contributed by atoms with van der Waals surface area (Å²) in [4.78, 5) is 24.4. The van der Waals surface area contributed by atoms with Crippen LogP contribution < -0.4 is 11.1 Å². The number of thiophene rings is 1. The van der Waals surface area contributed by atoms with Crippen molar-refractivity contribution < 1.29 is 9.59 Å². The Kier molecular flexibility index (Phi) is 6.27. The molecule has 3 aromatic rings. The van der Waals surface area contributed by atoms with Crippen LogP contribution in [0, 0.1) is 3.57 Å². The van der Waals surface area contributed by atoms with Crippen molar-refractivity contribution in [1.82, 2.24) is 14.8 Å². The van der Waals surface area contributed by atoms with Gasteiger partial charge in [0.25, 0.3) is 0 Å². The first-order valence-corrected chi connectivity index (χ1v) is 10.4. The molecule has 0 aliphatic rings. The number of benzene rings is 1. The maximum Gasteiger partial charge on any atom is 0.237 e. The summed E-state index contributed by atoms with van der Waals surface area (Å²) in [5.41, 5.74) is 6.07. The maximum atomic E-state index is 12.2. The Morgan fingerprint density at radius 3 is 2.65 bits per heavy atom.